The third-order valence-corrected chi connectivity index (χ3v) is 6.68. The van der Waals surface area contributed by atoms with Crippen molar-refractivity contribution in [3.05, 3.63) is 69.5 Å². The molecule has 1 aromatic carbocycles. The Kier molecular flexibility index (Phi) is 8.05. The van der Waals surface area contributed by atoms with Crippen molar-refractivity contribution in [2.45, 2.75) is 70.9 Å². The summed E-state index contributed by atoms with van der Waals surface area (Å²) in [5.41, 5.74) is 1.86. The normalized spacial score (nSPS) is 15.0. The van der Waals surface area contributed by atoms with E-state index in [2.05, 4.69) is 24.5 Å². The third kappa shape index (κ3) is 6.25. The van der Waals surface area contributed by atoms with E-state index in [1.165, 1.54) is 37.5 Å². The number of carbonyl (C=O) groups is 2. The molecule has 0 aliphatic heterocycles. The van der Waals surface area contributed by atoms with Gasteiger partial charge in [-0.25, -0.2) is 4.98 Å². The predicted octanol–water partition coefficient (Wildman–Crippen LogP) is 5.13. The fourth-order valence-electron chi connectivity index (χ4n) is 4.93. The second-order valence-corrected chi connectivity index (χ2v) is 10.1. The molecule has 1 aliphatic rings. The molecule has 1 fully saturated rings. The fourth-order valence-corrected chi connectivity index (χ4v) is 4.93. The Morgan fingerprint density at radius 3 is 2.62 bits per heavy atom. The van der Waals surface area contributed by atoms with Gasteiger partial charge in [-0.3, -0.25) is 24.1 Å². The number of aliphatic carboxylic acids is 1. The zero-order chi connectivity index (χ0) is 26.5. The van der Waals surface area contributed by atoms with Crippen LogP contribution in [0.25, 0.3) is 5.65 Å². The van der Waals surface area contributed by atoms with E-state index in [1.807, 2.05) is 10.6 Å². The van der Waals surface area contributed by atoms with E-state index >= 15 is 0 Å². The molecule has 1 atom stereocenters. The van der Waals surface area contributed by atoms with Gasteiger partial charge >= 0.3 is 5.97 Å². The van der Waals surface area contributed by atoms with Crippen molar-refractivity contribution in [3.63, 3.8) is 0 Å². The number of rotatable bonds is 10. The third-order valence-electron chi connectivity index (χ3n) is 6.68. The number of hydrogen-bond acceptors (Lipinski definition) is 6. The Bertz CT molecular complexity index is 1300. The molecule has 0 radical (unpaired) electrons. The van der Waals surface area contributed by atoms with E-state index in [9.17, 15) is 24.8 Å². The van der Waals surface area contributed by atoms with Gasteiger partial charge in [0, 0.05) is 24.4 Å². The van der Waals surface area contributed by atoms with Gasteiger partial charge in [0.2, 0.25) is 0 Å². The minimum absolute atomic E-state index is 0.172. The van der Waals surface area contributed by atoms with Crippen molar-refractivity contribution < 1.29 is 19.6 Å². The molecule has 10 heteroatoms. The maximum Gasteiger partial charge on any atom is 0.305 e. The fraction of sp³-hybridized carbons (Fsp3) is 0.444. The quantitative estimate of drug-likeness (QED) is 0.255. The zero-order valence-electron chi connectivity index (χ0n) is 21.1. The smallest absolute Gasteiger partial charge is 0.305 e. The number of carbonyl (C=O) groups excluding carboxylic acids is 1. The molecule has 3 N–H and O–H groups in total. The van der Waals surface area contributed by atoms with Crippen LogP contribution in [0, 0.1) is 16.0 Å². The number of fused-ring (bicyclic) bond motifs is 1. The molecule has 4 rings (SSSR count). The average Bonchev–Trinajstić information content (AvgIpc) is 3.20. The molecule has 3 aromatic rings. The summed E-state index contributed by atoms with van der Waals surface area (Å²) in [5.74, 6) is -0.364. The van der Waals surface area contributed by atoms with Crippen LogP contribution in [-0.4, -0.2) is 37.3 Å². The number of aromatic nitrogens is 2. The number of carboxylic acids is 1. The number of amides is 1. The van der Waals surface area contributed by atoms with Crippen LogP contribution in [0.1, 0.15) is 80.0 Å². The molecule has 0 saturated heterocycles. The molecule has 1 saturated carbocycles. The Balaban J connectivity index is 1.68. The van der Waals surface area contributed by atoms with Gasteiger partial charge < -0.3 is 15.7 Å². The first-order valence-electron chi connectivity index (χ1n) is 12.8. The molecule has 1 amide bonds. The van der Waals surface area contributed by atoms with E-state index in [0.29, 0.717) is 28.7 Å². The number of imidazole rings is 1. The topological polar surface area (TPSA) is 139 Å². The number of nitro groups is 1. The van der Waals surface area contributed by atoms with Crippen molar-refractivity contribution in [3.8, 4) is 0 Å². The number of carboxylic acid groups (broad SMARTS) is 1. The van der Waals surface area contributed by atoms with Crippen molar-refractivity contribution in [2.24, 2.45) is 5.92 Å². The molecule has 2 heterocycles. The van der Waals surface area contributed by atoms with Crippen LogP contribution in [0.15, 0.2) is 42.6 Å². The van der Waals surface area contributed by atoms with Gasteiger partial charge in [-0.05, 0) is 42.9 Å². The number of non-ortho nitro benzene ring substituents is 1. The molecule has 10 nitrogen and oxygen atoms in total. The van der Waals surface area contributed by atoms with Crippen LogP contribution in [-0.2, 0) is 11.2 Å². The highest BCUT2D eigenvalue weighted by Crippen LogP contribution is 2.28. The molecule has 2 aromatic heterocycles. The lowest BCUT2D eigenvalue weighted by Crippen LogP contribution is -2.30. The number of nitro benzene ring substituents is 1. The summed E-state index contributed by atoms with van der Waals surface area (Å²) in [7, 11) is 0. The number of pyridine rings is 1. The lowest BCUT2D eigenvalue weighted by molar-refractivity contribution is -0.384. The summed E-state index contributed by atoms with van der Waals surface area (Å²) < 4.78 is 1.90. The highest BCUT2D eigenvalue weighted by atomic mass is 16.6. The first kappa shape index (κ1) is 26.1. The molecular weight excluding hydrogens is 474 g/mol. The summed E-state index contributed by atoms with van der Waals surface area (Å²) in [5, 5.41) is 27.1. The van der Waals surface area contributed by atoms with E-state index in [1.54, 1.807) is 18.2 Å². The van der Waals surface area contributed by atoms with Crippen molar-refractivity contribution >= 4 is 29.0 Å². The number of hydrogen-bond donors (Lipinski definition) is 3. The standard InChI is InChI=1S/C27H33N5O5/c1-17(2)14-23-26(28-19-9-4-3-5-10-19)31-13-7-12-21(25(31)29-23)27(35)30-22(16-24(33)34)18-8-6-11-20(15-18)32(36)37/h6-8,11-13,15,17,19,22,28H,3-5,9-10,14,16H2,1-2H3,(H,30,35)(H,33,34). The van der Waals surface area contributed by atoms with Crippen LogP contribution >= 0.6 is 0 Å². The van der Waals surface area contributed by atoms with Gasteiger partial charge in [0.15, 0.2) is 5.65 Å². The van der Waals surface area contributed by atoms with Gasteiger partial charge in [-0.2, -0.15) is 0 Å². The van der Waals surface area contributed by atoms with Crippen LogP contribution < -0.4 is 10.6 Å². The molecule has 196 valence electrons. The van der Waals surface area contributed by atoms with Gasteiger partial charge in [-0.1, -0.05) is 45.2 Å². The van der Waals surface area contributed by atoms with Crippen LogP contribution in [0.5, 0.6) is 0 Å². The summed E-state index contributed by atoms with van der Waals surface area (Å²) in [6.45, 7) is 4.25. The Morgan fingerprint density at radius 2 is 1.95 bits per heavy atom. The van der Waals surface area contributed by atoms with Crippen LogP contribution in [0.4, 0.5) is 11.5 Å². The zero-order valence-corrected chi connectivity index (χ0v) is 21.1. The van der Waals surface area contributed by atoms with Crippen molar-refractivity contribution in [2.75, 3.05) is 5.32 Å². The number of nitrogens with one attached hydrogen (secondary N) is 2. The van der Waals surface area contributed by atoms with E-state index in [0.717, 1.165) is 30.8 Å². The van der Waals surface area contributed by atoms with E-state index in [-0.39, 0.29) is 5.69 Å². The number of nitrogens with zero attached hydrogens (tertiary/aromatic N) is 3. The average molecular weight is 508 g/mol. The van der Waals surface area contributed by atoms with Gasteiger partial charge in [0.1, 0.15) is 5.82 Å². The maximum atomic E-state index is 13.5. The Hall–Kier alpha value is -3.95. The monoisotopic (exact) mass is 507 g/mol. The molecule has 1 unspecified atom stereocenters. The first-order valence-corrected chi connectivity index (χ1v) is 12.8. The molecule has 0 spiro atoms. The molecule has 0 bridgehead atoms. The minimum Gasteiger partial charge on any atom is -0.481 e. The number of benzene rings is 1. The molecule has 1 aliphatic carbocycles. The Morgan fingerprint density at radius 1 is 1.19 bits per heavy atom. The van der Waals surface area contributed by atoms with Crippen molar-refractivity contribution in [1.29, 1.82) is 0 Å². The highest BCUT2D eigenvalue weighted by Gasteiger charge is 2.25. The summed E-state index contributed by atoms with van der Waals surface area (Å²) in [6.07, 6.45) is 8.00. The lowest BCUT2D eigenvalue weighted by atomic mass is 9.95. The first-order chi connectivity index (χ1) is 17.7. The van der Waals surface area contributed by atoms with Gasteiger partial charge in [-0.15, -0.1) is 0 Å². The molecular formula is C27H33N5O5. The van der Waals surface area contributed by atoms with Crippen LogP contribution in [0.3, 0.4) is 0 Å². The molecule has 37 heavy (non-hydrogen) atoms. The summed E-state index contributed by atoms with van der Waals surface area (Å²) in [4.78, 5) is 40.6. The second kappa shape index (κ2) is 11.4. The number of anilines is 1. The van der Waals surface area contributed by atoms with E-state index in [4.69, 9.17) is 4.98 Å². The predicted molar refractivity (Wildman–Crippen MR) is 140 cm³/mol. The van der Waals surface area contributed by atoms with E-state index < -0.39 is 29.3 Å². The van der Waals surface area contributed by atoms with Crippen LogP contribution in [0.2, 0.25) is 0 Å². The lowest BCUT2D eigenvalue weighted by Gasteiger charge is -2.24. The Labute approximate surface area is 215 Å². The summed E-state index contributed by atoms with van der Waals surface area (Å²) >= 11 is 0. The second-order valence-electron chi connectivity index (χ2n) is 10.1. The SMILES string of the molecule is CC(C)Cc1nc2c(C(=O)NC(CC(=O)O)c3cccc([N+](=O)[O-])c3)cccn2c1NC1CCCCC1. The minimum atomic E-state index is -1.13. The van der Waals surface area contributed by atoms with Gasteiger partial charge in [0.05, 0.1) is 28.6 Å². The van der Waals surface area contributed by atoms with Gasteiger partial charge in [0.25, 0.3) is 11.6 Å². The summed E-state index contributed by atoms with van der Waals surface area (Å²) in [6, 6.07) is 8.50. The largest absolute Gasteiger partial charge is 0.481 e. The highest BCUT2D eigenvalue weighted by molar-refractivity contribution is 6.00. The maximum absolute atomic E-state index is 13.5. The van der Waals surface area contributed by atoms with Crippen molar-refractivity contribution in [1.82, 2.24) is 14.7 Å².